The maximum absolute atomic E-state index is 12.0. The topological polar surface area (TPSA) is 94.3 Å². The molecule has 0 unspecified atom stereocenters. The summed E-state index contributed by atoms with van der Waals surface area (Å²) in [6, 6.07) is 11.3. The predicted molar refractivity (Wildman–Crippen MR) is 78.3 cm³/mol. The fraction of sp³-hybridized carbons (Fsp3) is 0.0714. The van der Waals surface area contributed by atoms with Crippen molar-refractivity contribution in [3.8, 4) is 5.75 Å². The number of benzene rings is 1. The molecule has 0 aliphatic heterocycles. The van der Waals surface area contributed by atoms with E-state index in [2.05, 4.69) is 10.3 Å². The molecule has 2 rings (SSSR count). The quantitative estimate of drug-likeness (QED) is 0.824. The second-order valence-electron chi connectivity index (χ2n) is 4.08. The number of nitrogens with zero attached hydrogens (tertiary/aromatic N) is 1. The average molecular weight is 306 g/mol. The summed E-state index contributed by atoms with van der Waals surface area (Å²) in [5.41, 5.74) is 5.70. The molecule has 2 amide bonds. The molecule has 0 bridgehead atoms. The van der Waals surface area contributed by atoms with Crippen molar-refractivity contribution in [2.45, 2.75) is 0 Å². The minimum atomic E-state index is -0.576. The van der Waals surface area contributed by atoms with Crippen LogP contribution in [0.15, 0.2) is 42.5 Å². The van der Waals surface area contributed by atoms with Crippen LogP contribution in [-0.2, 0) is 4.79 Å². The van der Waals surface area contributed by atoms with Gasteiger partial charge in [0.25, 0.3) is 11.8 Å². The third-order valence-corrected chi connectivity index (χ3v) is 2.63. The molecule has 0 fully saturated rings. The SMILES string of the molecule is NC(=O)COc1cccc(NC(=O)c2cccc(Cl)n2)c1. The minimum absolute atomic E-state index is 0.200. The van der Waals surface area contributed by atoms with Crippen molar-refractivity contribution in [2.75, 3.05) is 11.9 Å². The van der Waals surface area contributed by atoms with Crippen molar-refractivity contribution in [2.24, 2.45) is 5.73 Å². The summed E-state index contributed by atoms with van der Waals surface area (Å²) in [6.07, 6.45) is 0. The number of pyridine rings is 1. The number of nitrogens with one attached hydrogen (secondary N) is 1. The summed E-state index contributed by atoms with van der Waals surface area (Å²) in [5.74, 6) is -0.553. The van der Waals surface area contributed by atoms with Crippen molar-refractivity contribution < 1.29 is 14.3 Å². The van der Waals surface area contributed by atoms with Crippen LogP contribution in [0.25, 0.3) is 0 Å². The molecule has 0 spiro atoms. The standard InChI is InChI=1S/C14H12ClN3O3/c15-12-6-2-5-11(18-12)14(20)17-9-3-1-4-10(7-9)21-8-13(16)19/h1-7H,8H2,(H2,16,19)(H,17,20). The van der Waals surface area contributed by atoms with E-state index in [4.69, 9.17) is 22.1 Å². The molecular formula is C14H12ClN3O3. The van der Waals surface area contributed by atoms with Gasteiger partial charge in [-0.2, -0.15) is 0 Å². The average Bonchev–Trinajstić information content (AvgIpc) is 2.45. The number of carbonyl (C=O) groups excluding carboxylic acids is 2. The van der Waals surface area contributed by atoms with Gasteiger partial charge in [-0.1, -0.05) is 23.7 Å². The second-order valence-corrected chi connectivity index (χ2v) is 4.47. The summed E-state index contributed by atoms with van der Waals surface area (Å²) in [4.78, 5) is 26.6. The molecule has 0 aliphatic carbocycles. The zero-order chi connectivity index (χ0) is 15.2. The molecule has 1 aromatic heterocycles. The zero-order valence-corrected chi connectivity index (χ0v) is 11.6. The Bertz CT molecular complexity index is 676. The van der Waals surface area contributed by atoms with Crippen molar-refractivity contribution in [1.29, 1.82) is 0 Å². The first-order valence-corrected chi connectivity index (χ1v) is 6.37. The third kappa shape index (κ3) is 4.47. The van der Waals surface area contributed by atoms with Crippen LogP contribution in [-0.4, -0.2) is 23.4 Å². The number of anilines is 1. The Morgan fingerprint density at radius 1 is 1.24 bits per heavy atom. The monoisotopic (exact) mass is 305 g/mol. The van der Waals surface area contributed by atoms with Crippen LogP contribution in [0, 0.1) is 0 Å². The number of amides is 2. The lowest BCUT2D eigenvalue weighted by Crippen LogP contribution is -2.20. The van der Waals surface area contributed by atoms with Crippen LogP contribution < -0.4 is 15.8 Å². The number of nitrogens with two attached hydrogens (primary N) is 1. The lowest BCUT2D eigenvalue weighted by molar-refractivity contribution is -0.119. The highest BCUT2D eigenvalue weighted by atomic mass is 35.5. The van der Waals surface area contributed by atoms with Crippen molar-refractivity contribution >= 4 is 29.1 Å². The van der Waals surface area contributed by atoms with Gasteiger partial charge in [-0.3, -0.25) is 9.59 Å². The van der Waals surface area contributed by atoms with Crippen LogP contribution in [0.1, 0.15) is 10.5 Å². The van der Waals surface area contributed by atoms with E-state index < -0.39 is 11.8 Å². The van der Waals surface area contributed by atoms with E-state index in [-0.39, 0.29) is 17.5 Å². The van der Waals surface area contributed by atoms with Gasteiger partial charge < -0.3 is 15.8 Å². The van der Waals surface area contributed by atoms with Gasteiger partial charge in [-0.25, -0.2) is 4.98 Å². The van der Waals surface area contributed by atoms with E-state index in [0.29, 0.717) is 11.4 Å². The Hall–Kier alpha value is -2.60. The normalized spacial score (nSPS) is 9.95. The Morgan fingerprint density at radius 3 is 2.71 bits per heavy atom. The van der Waals surface area contributed by atoms with Crippen LogP contribution in [0.3, 0.4) is 0 Å². The number of primary amides is 1. The molecule has 21 heavy (non-hydrogen) atoms. The van der Waals surface area contributed by atoms with Gasteiger partial charge in [0.2, 0.25) is 0 Å². The van der Waals surface area contributed by atoms with Crippen LogP contribution in [0.5, 0.6) is 5.75 Å². The predicted octanol–water partition coefficient (Wildman–Crippen LogP) is 1.85. The molecule has 7 heteroatoms. The van der Waals surface area contributed by atoms with Gasteiger partial charge in [0.15, 0.2) is 6.61 Å². The maximum atomic E-state index is 12.0. The second kappa shape index (κ2) is 6.71. The summed E-state index contributed by atoms with van der Waals surface area (Å²) in [6.45, 7) is -0.229. The Morgan fingerprint density at radius 2 is 2.00 bits per heavy atom. The van der Waals surface area contributed by atoms with Crippen LogP contribution in [0.2, 0.25) is 5.15 Å². The molecule has 0 saturated carbocycles. The van der Waals surface area contributed by atoms with Gasteiger partial charge in [-0.15, -0.1) is 0 Å². The van der Waals surface area contributed by atoms with Gasteiger partial charge in [0.1, 0.15) is 16.6 Å². The van der Waals surface area contributed by atoms with Crippen LogP contribution in [0.4, 0.5) is 5.69 Å². The first kappa shape index (κ1) is 14.8. The minimum Gasteiger partial charge on any atom is -0.484 e. The number of halogens is 1. The summed E-state index contributed by atoms with van der Waals surface area (Å²) < 4.78 is 5.15. The molecule has 1 heterocycles. The van der Waals surface area contributed by atoms with E-state index in [1.54, 1.807) is 42.5 Å². The molecule has 3 N–H and O–H groups in total. The summed E-state index contributed by atoms with van der Waals surface area (Å²) >= 11 is 5.73. The first-order chi connectivity index (χ1) is 10.0. The number of hydrogen-bond donors (Lipinski definition) is 2. The van der Waals surface area contributed by atoms with Gasteiger partial charge in [0, 0.05) is 11.8 Å². The molecule has 0 saturated heterocycles. The van der Waals surface area contributed by atoms with E-state index in [1.165, 1.54) is 0 Å². The van der Waals surface area contributed by atoms with E-state index >= 15 is 0 Å². The molecule has 0 radical (unpaired) electrons. The Labute approximate surface area is 125 Å². The fourth-order valence-corrected chi connectivity index (χ4v) is 1.71. The fourth-order valence-electron chi connectivity index (χ4n) is 1.55. The number of rotatable bonds is 5. The Balaban J connectivity index is 2.07. The number of carbonyl (C=O) groups is 2. The smallest absolute Gasteiger partial charge is 0.274 e. The zero-order valence-electron chi connectivity index (χ0n) is 10.9. The third-order valence-electron chi connectivity index (χ3n) is 2.42. The Kier molecular flexibility index (Phi) is 4.73. The maximum Gasteiger partial charge on any atom is 0.274 e. The van der Waals surface area contributed by atoms with Crippen molar-refractivity contribution in [3.05, 3.63) is 53.3 Å². The molecule has 0 aliphatic rings. The lowest BCUT2D eigenvalue weighted by Gasteiger charge is -2.08. The highest BCUT2D eigenvalue weighted by molar-refractivity contribution is 6.29. The van der Waals surface area contributed by atoms with E-state index in [1.807, 2.05) is 0 Å². The highest BCUT2D eigenvalue weighted by Gasteiger charge is 2.08. The number of hydrogen-bond acceptors (Lipinski definition) is 4. The lowest BCUT2D eigenvalue weighted by atomic mass is 10.2. The first-order valence-electron chi connectivity index (χ1n) is 5.99. The molecule has 1 aromatic carbocycles. The van der Waals surface area contributed by atoms with Crippen molar-refractivity contribution in [3.63, 3.8) is 0 Å². The molecule has 0 atom stereocenters. The molecule has 108 valence electrons. The largest absolute Gasteiger partial charge is 0.484 e. The highest BCUT2D eigenvalue weighted by Crippen LogP contribution is 2.18. The van der Waals surface area contributed by atoms with E-state index in [0.717, 1.165) is 0 Å². The molecular weight excluding hydrogens is 294 g/mol. The summed E-state index contributed by atoms with van der Waals surface area (Å²) in [7, 11) is 0. The van der Waals surface area contributed by atoms with E-state index in [9.17, 15) is 9.59 Å². The number of aromatic nitrogens is 1. The number of ether oxygens (including phenoxy) is 1. The van der Waals surface area contributed by atoms with Gasteiger partial charge in [-0.05, 0) is 24.3 Å². The van der Waals surface area contributed by atoms with Crippen LogP contribution >= 0.6 is 11.6 Å². The van der Waals surface area contributed by atoms with Crippen molar-refractivity contribution in [1.82, 2.24) is 4.98 Å². The van der Waals surface area contributed by atoms with Gasteiger partial charge >= 0.3 is 0 Å². The summed E-state index contributed by atoms with van der Waals surface area (Å²) in [5, 5.41) is 2.89. The molecule has 6 nitrogen and oxygen atoms in total. The van der Waals surface area contributed by atoms with Gasteiger partial charge in [0.05, 0.1) is 0 Å². The molecule has 2 aromatic rings.